The Labute approximate surface area is 123 Å². The predicted octanol–water partition coefficient (Wildman–Crippen LogP) is 0.236. The maximum Gasteiger partial charge on any atom is 0.312 e. The van der Waals surface area contributed by atoms with Crippen molar-refractivity contribution in [1.82, 2.24) is 10.6 Å². The number of hydrogen-bond acceptors (Lipinski definition) is 5. The second-order valence-corrected chi connectivity index (χ2v) is 5.03. The Morgan fingerprint density at radius 1 is 1.35 bits per heavy atom. The Morgan fingerprint density at radius 2 is 2.05 bits per heavy atom. The zero-order valence-electron chi connectivity index (χ0n) is 11.9. The molecule has 0 radical (unpaired) electrons. The van der Waals surface area contributed by atoms with E-state index in [4.69, 9.17) is 10.5 Å². The van der Waals surface area contributed by atoms with Crippen molar-refractivity contribution in [3.63, 3.8) is 0 Å². The number of thioether (sulfide) groups is 1. The largest absolute Gasteiger partial charge is 0.466 e. The van der Waals surface area contributed by atoms with E-state index in [0.717, 1.165) is 5.75 Å². The minimum absolute atomic E-state index is 0.257. The average Bonchev–Trinajstić information content (AvgIpc) is 2.39. The van der Waals surface area contributed by atoms with Gasteiger partial charge in [0.2, 0.25) is 5.91 Å². The molecule has 0 fully saturated rings. The molecule has 0 aliphatic rings. The summed E-state index contributed by atoms with van der Waals surface area (Å²) < 4.78 is 4.77. The summed E-state index contributed by atoms with van der Waals surface area (Å²) in [6.45, 7) is 2.45. The van der Waals surface area contributed by atoms with E-state index in [1.807, 2.05) is 6.26 Å². The monoisotopic (exact) mass is 305 g/mol. The van der Waals surface area contributed by atoms with E-state index >= 15 is 0 Å². The summed E-state index contributed by atoms with van der Waals surface area (Å²) in [6.07, 6.45) is 3.18. The van der Waals surface area contributed by atoms with E-state index in [9.17, 15) is 14.4 Å². The minimum Gasteiger partial charge on any atom is -0.466 e. The van der Waals surface area contributed by atoms with Gasteiger partial charge in [-0.15, -0.1) is 0 Å². The lowest BCUT2D eigenvalue weighted by Gasteiger charge is -2.16. The van der Waals surface area contributed by atoms with E-state index in [-0.39, 0.29) is 18.3 Å². The van der Waals surface area contributed by atoms with E-state index in [0.29, 0.717) is 26.0 Å². The number of nitrogens with one attached hydrogen (secondary N) is 2. The third kappa shape index (κ3) is 9.48. The number of amides is 3. The number of rotatable bonds is 10. The molecule has 0 aromatic rings. The molecule has 116 valence electrons. The van der Waals surface area contributed by atoms with Crippen LogP contribution in [0.25, 0.3) is 0 Å². The molecule has 1 atom stereocenters. The maximum absolute atomic E-state index is 11.8. The third-order valence-electron chi connectivity index (χ3n) is 2.41. The Balaban J connectivity index is 3.99. The highest BCUT2D eigenvalue weighted by Crippen LogP contribution is 2.01. The summed E-state index contributed by atoms with van der Waals surface area (Å²) in [5.74, 6) is 0.166. The fourth-order valence-corrected chi connectivity index (χ4v) is 1.95. The Hall–Kier alpha value is -1.44. The second kappa shape index (κ2) is 11.4. The molecule has 0 saturated heterocycles. The van der Waals surface area contributed by atoms with Gasteiger partial charge in [0.05, 0.1) is 6.61 Å². The normalized spacial score (nSPS) is 11.5. The van der Waals surface area contributed by atoms with Crippen molar-refractivity contribution in [3.05, 3.63) is 0 Å². The van der Waals surface area contributed by atoms with Gasteiger partial charge >= 0.3 is 12.0 Å². The van der Waals surface area contributed by atoms with Crippen molar-refractivity contribution in [3.8, 4) is 0 Å². The van der Waals surface area contributed by atoms with Gasteiger partial charge in [-0.05, 0) is 31.8 Å². The Morgan fingerprint density at radius 3 is 2.60 bits per heavy atom. The van der Waals surface area contributed by atoms with Crippen molar-refractivity contribution in [1.29, 1.82) is 0 Å². The summed E-state index contributed by atoms with van der Waals surface area (Å²) in [7, 11) is 0. The van der Waals surface area contributed by atoms with Gasteiger partial charge in [0, 0.05) is 13.0 Å². The van der Waals surface area contributed by atoms with Crippen molar-refractivity contribution in [2.75, 3.05) is 25.2 Å². The van der Waals surface area contributed by atoms with E-state index < -0.39 is 12.1 Å². The number of ether oxygens (including phenoxy) is 1. The molecule has 0 aromatic carbocycles. The number of primary amides is 1. The van der Waals surface area contributed by atoms with E-state index in [1.165, 1.54) is 0 Å². The molecule has 0 aliphatic carbocycles. The summed E-state index contributed by atoms with van der Waals surface area (Å²) in [5, 5.41) is 5.07. The van der Waals surface area contributed by atoms with Crippen LogP contribution in [0.3, 0.4) is 0 Å². The molecule has 7 nitrogen and oxygen atoms in total. The Kier molecular flexibility index (Phi) is 10.6. The summed E-state index contributed by atoms with van der Waals surface area (Å²) in [6, 6.07) is -1.36. The molecular weight excluding hydrogens is 282 g/mol. The van der Waals surface area contributed by atoms with Crippen molar-refractivity contribution in [2.45, 2.75) is 32.2 Å². The van der Waals surface area contributed by atoms with Gasteiger partial charge in [0.15, 0.2) is 0 Å². The number of carbonyl (C=O) groups excluding carboxylic acids is 3. The van der Waals surface area contributed by atoms with Gasteiger partial charge < -0.3 is 21.1 Å². The SMILES string of the molecule is CCOC(=O)CCCNC(=O)C(CCSC)NC(N)=O. The van der Waals surface area contributed by atoms with Gasteiger partial charge in [0.25, 0.3) is 0 Å². The maximum atomic E-state index is 11.8. The van der Waals surface area contributed by atoms with Crippen LogP contribution >= 0.6 is 11.8 Å². The molecule has 0 aliphatic heterocycles. The number of hydrogen-bond donors (Lipinski definition) is 3. The molecule has 0 heterocycles. The average molecular weight is 305 g/mol. The zero-order chi connectivity index (χ0) is 15.4. The van der Waals surface area contributed by atoms with Gasteiger partial charge in [0.1, 0.15) is 6.04 Å². The van der Waals surface area contributed by atoms with Crippen molar-refractivity contribution < 1.29 is 19.1 Å². The van der Waals surface area contributed by atoms with Crippen LogP contribution in [0, 0.1) is 0 Å². The quantitative estimate of drug-likeness (QED) is 0.395. The molecule has 0 bridgehead atoms. The van der Waals surface area contributed by atoms with Crippen LogP contribution in [0.15, 0.2) is 0 Å². The first-order valence-corrected chi connectivity index (χ1v) is 7.88. The van der Waals surface area contributed by atoms with Crippen LogP contribution in [0.5, 0.6) is 0 Å². The molecule has 4 N–H and O–H groups in total. The fourth-order valence-electron chi connectivity index (χ4n) is 1.48. The lowest BCUT2D eigenvalue weighted by atomic mass is 10.2. The standard InChI is InChI=1S/C12H23N3O4S/c1-3-19-10(16)5-4-7-14-11(17)9(6-8-20-2)15-12(13)18/h9H,3-8H2,1-2H3,(H,14,17)(H3,13,15,18). The number of urea groups is 1. The van der Waals surface area contributed by atoms with Crippen LogP contribution in [-0.2, 0) is 14.3 Å². The number of carbonyl (C=O) groups is 3. The van der Waals surface area contributed by atoms with Crippen LogP contribution in [-0.4, -0.2) is 49.1 Å². The number of nitrogens with two attached hydrogens (primary N) is 1. The third-order valence-corrected chi connectivity index (χ3v) is 3.05. The number of esters is 1. The smallest absolute Gasteiger partial charge is 0.312 e. The first-order chi connectivity index (χ1) is 9.51. The molecule has 20 heavy (non-hydrogen) atoms. The lowest BCUT2D eigenvalue weighted by molar-refractivity contribution is -0.143. The first kappa shape index (κ1) is 18.6. The van der Waals surface area contributed by atoms with Crippen LogP contribution in [0.4, 0.5) is 4.79 Å². The molecule has 0 aromatic heterocycles. The molecule has 0 saturated carbocycles. The molecule has 3 amide bonds. The summed E-state index contributed by atoms with van der Waals surface area (Å²) in [4.78, 5) is 33.8. The van der Waals surface area contributed by atoms with E-state index in [1.54, 1.807) is 18.7 Å². The molecule has 0 rings (SSSR count). The highest BCUT2D eigenvalue weighted by molar-refractivity contribution is 7.98. The molecule has 1 unspecified atom stereocenters. The van der Waals surface area contributed by atoms with Crippen molar-refractivity contribution >= 4 is 29.7 Å². The topological polar surface area (TPSA) is 111 Å². The van der Waals surface area contributed by atoms with Crippen LogP contribution in [0.2, 0.25) is 0 Å². The van der Waals surface area contributed by atoms with Gasteiger partial charge in [-0.3, -0.25) is 9.59 Å². The fraction of sp³-hybridized carbons (Fsp3) is 0.750. The second-order valence-electron chi connectivity index (χ2n) is 4.04. The molecular formula is C12H23N3O4S. The van der Waals surface area contributed by atoms with Gasteiger partial charge in [-0.1, -0.05) is 0 Å². The van der Waals surface area contributed by atoms with Gasteiger partial charge in [-0.2, -0.15) is 11.8 Å². The molecule has 8 heteroatoms. The van der Waals surface area contributed by atoms with Crippen LogP contribution < -0.4 is 16.4 Å². The predicted molar refractivity (Wildman–Crippen MR) is 78.4 cm³/mol. The first-order valence-electron chi connectivity index (χ1n) is 6.49. The lowest BCUT2D eigenvalue weighted by Crippen LogP contribution is -2.49. The van der Waals surface area contributed by atoms with E-state index in [2.05, 4.69) is 10.6 Å². The molecule has 0 spiro atoms. The highest BCUT2D eigenvalue weighted by atomic mass is 32.2. The van der Waals surface area contributed by atoms with Gasteiger partial charge in [-0.25, -0.2) is 4.79 Å². The minimum atomic E-state index is -0.724. The summed E-state index contributed by atoms with van der Waals surface area (Å²) >= 11 is 1.58. The Bertz CT molecular complexity index is 326. The van der Waals surface area contributed by atoms with Crippen LogP contribution in [0.1, 0.15) is 26.2 Å². The summed E-state index contributed by atoms with van der Waals surface area (Å²) in [5.41, 5.74) is 5.03. The van der Waals surface area contributed by atoms with Crippen molar-refractivity contribution in [2.24, 2.45) is 5.73 Å². The zero-order valence-corrected chi connectivity index (χ0v) is 12.8. The highest BCUT2D eigenvalue weighted by Gasteiger charge is 2.18.